The molecule has 23 heavy (non-hydrogen) atoms. The molecule has 0 spiro atoms. The molecule has 0 aromatic carbocycles. The number of amides is 1. The predicted octanol–water partition coefficient (Wildman–Crippen LogP) is 0.673. The molecule has 0 N–H and O–H groups in total. The second-order valence-corrected chi connectivity index (χ2v) is 5.38. The van der Waals surface area contributed by atoms with Crippen molar-refractivity contribution in [2.75, 3.05) is 38.2 Å². The molecule has 8 nitrogen and oxygen atoms in total. The molecule has 2 aromatic rings. The Balaban J connectivity index is 1.56. The van der Waals surface area contributed by atoms with Gasteiger partial charge in [0.25, 0.3) is 0 Å². The van der Waals surface area contributed by atoms with Crippen molar-refractivity contribution in [1.29, 1.82) is 0 Å². The number of hydrogen-bond acceptors (Lipinski definition) is 7. The third-order valence-electron chi connectivity index (χ3n) is 3.74. The average Bonchev–Trinajstić information content (AvgIpc) is 3.00. The Labute approximate surface area is 134 Å². The monoisotopic (exact) mass is 317 g/mol. The SMILES string of the molecule is COc1ccnc(N2CCN(C(=O)Cc3cc(C)no3)CC2)n1. The zero-order valence-electron chi connectivity index (χ0n) is 13.2. The lowest BCUT2D eigenvalue weighted by Gasteiger charge is -2.34. The van der Waals surface area contributed by atoms with Gasteiger partial charge in [0, 0.05) is 44.5 Å². The summed E-state index contributed by atoms with van der Waals surface area (Å²) >= 11 is 0. The lowest BCUT2D eigenvalue weighted by molar-refractivity contribution is -0.131. The minimum absolute atomic E-state index is 0.0485. The lowest BCUT2D eigenvalue weighted by atomic mass is 10.2. The fraction of sp³-hybridized carbons (Fsp3) is 0.467. The summed E-state index contributed by atoms with van der Waals surface area (Å²) in [5.41, 5.74) is 0.785. The molecule has 1 amide bonds. The van der Waals surface area contributed by atoms with Gasteiger partial charge in [-0.2, -0.15) is 4.98 Å². The highest BCUT2D eigenvalue weighted by atomic mass is 16.5. The van der Waals surface area contributed by atoms with Crippen molar-refractivity contribution in [2.45, 2.75) is 13.3 Å². The first-order valence-electron chi connectivity index (χ1n) is 7.47. The summed E-state index contributed by atoms with van der Waals surface area (Å²) in [6, 6.07) is 3.50. The number of nitrogens with zero attached hydrogens (tertiary/aromatic N) is 5. The van der Waals surface area contributed by atoms with Crippen LogP contribution >= 0.6 is 0 Å². The molecule has 2 aromatic heterocycles. The van der Waals surface area contributed by atoms with E-state index < -0.39 is 0 Å². The van der Waals surface area contributed by atoms with Crippen LogP contribution in [-0.4, -0.2) is 59.2 Å². The first-order valence-corrected chi connectivity index (χ1v) is 7.47. The number of carbonyl (C=O) groups is 1. The second kappa shape index (κ2) is 6.64. The Morgan fingerprint density at radius 1 is 1.35 bits per heavy atom. The maximum absolute atomic E-state index is 12.3. The largest absolute Gasteiger partial charge is 0.481 e. The van der Waals surface area contributed by atoms with Crippen molar-refractivity contribution in [2.24, 2.45) is 0 Å². The quantitative estimate of drug-likeness (QED) is 0.819. The molecule has 0 unspecified atom stereocenters. The highest BCUT2D eigenvalue weighted by Crippen LogP contribution is 2.15. The molecule has 122 valence electrons. The minimum atomic E-state index is 0.0485. The van der Waals surface area contributed by atoms with Gasteiger partial charge in [-0.3, -0.25) is 4.79 Å². The number of ether oxygens (including phenoxy) is 1. The smallest absolute Gasteiger partial charge is 0.230 e. The van der Waals surface area contributed by atoms with Crippen LogP contribution < -0.4 is 9.64 Å². The van der Waals surface area contributed by atoms with Crippen LogP contribution in [0.3, 0.4) is 0 Å². The molecule has 0 radical (unpaired) electrons. The number of anilines is 1. The van der Waals surface area contributed by atoms with Gasteiger partial charge >= 0.3 is 0 Å². The highest BCUT2D eigenvalue weighted by Gasteiger charge is 2.23. The number of methoxy groups -OCH3 is 1. The van der Waals surface area contributed by atoms with Crippen LogP contribution in [0.15, 0.2) is 22.9 Å². The van der Waals surface area contributed by atoms with Crippen molar-refractivity contribution in [3.05, 3.63) is 29.8 Å². The van der Waals surface area contributed by atoms with E-state index in [-0.39, 0.29) is 12.3 Å². The van der Waals surface area contributed by atoms with Gasteiger partial charge in [0.05, 0.1) is 19.2 Å². The van der Waals surface area contributed by atoms with E-state index in [1.165, 1.54) is 0 Å². The van der Waals surface area contributed by atoms with E-state index in [0.717, 1.165) is 5.69 Å². The van der Waals surface area contributed by atoms with Gasteiger partial charge in [0.2, 0.25) is 17.7 Å². The molecule has 1 saturated heterocycles. The summed E-state index contributed by atoms with van der Waals surface area (Å²) in [6.45, 7) is 4.48. The first-order chi connectivity index (χ1) is 11.2. The number of aryl methyl sites for hydroxylation is 1. The van der Waals surface area contributed by atoms with E-state index in [1.807, 2.05) is 16.7 Å². The standard InChI is InChI=1S/C15H19N5O3/c1-11-9-12(23-18-11)10-14(21)19-5-7-20(8-6-19)15-16-4-3-13(17-15)22-2/h3-4,9H,5-8,10H2,1-2H3. The zero-order valence-corrected chi connectivity index (χ0v) is 13.2. The Kier molecular flexibility index (Phi) is 4.40. The summed E-state index contributed by atoms with van der Waals surface area (Å²) in [4.78, 5) is 24.7. The molecule has 3 rings (SSSR count). The van der Waals surface area contributed by atoms with Crippen molar-refractivity contribution >= 4 is 11.9 Å². The topological polar surface area (TPSA) is 84.6 Å². The Bertz CT molecular complexity index is 679. The summed E-state index contributed by atoms with van der Waals surface area (Å²) < 4.78 is 10.2. The van der Waals surface area contributed by atoms with E-state index in [1.54, 1.807) is 25.4 Å². The highest BCUT2D eigenvalue weighted by molar-refractivity contribution is 5.78. The number of piperazine rings is 1. The Morgan fingerprint density at radius 3 is 2.78 bits per heavy atom. The normalized spacial score (nSPS) is 14.9. The van der Waals surface area contributed by atoms with Crippen LogP contribution in [0.25, 0.3) is 0 Å². The molecule has 0 bridgehead atoms. The second-order valence-electron chi connectivity index (χ2n) is 5.38. The average molecular weight is 317 g/mol. The van der Waals surface area contributed by atoms with Gasteiger partial charge in [-0.25, -0.2) is 4.98 Å². The van der Waals surface area contributed by atoms with Gasteiger partial charge in [-0.05, 0) is 6.92 Å². The molecule has 3 heterocycles. The maximum Gasteiger partial charge on any atom is 0.230 e. The van der Waals surface area contributed by atoms with Crippen LogP contribution in [-0.2, 0) is 11.2 Å². The maximum atomic E-state index is 12.3. The van der Waals surface area contributed by atoms with Gasteiger partial charge in [-0.15, -0.1) is 0 Å². The number of hydrogen-bond donors (Lipinski definition) is 0. The van der Waals surface area contributed by atoms with E-state index in [0.29, 0.717) is 43.8 Å². The lowest BCUT2D eigenvalue weighted by Crippen LogP contribution is -2.49. The van der Waals surface area contributed by atoms with Crippen LogP contribution in [0.5, 0.6) is 5.88 Å². The van der Waals surface area contributed by atoms with Crippen LogP contribution in [0, 0.1) is 6.92 Å². The summed E-state index contributed by atoms with van der Waals surface area (Å²) in [5.74, 6) is 1.81. The van der Waals surface area contributed by atoms with Crippen LogP contribution in [0.4, 0.5) is 5.95 Å². The molecule has 0 aliphatic carbocycles. The third-order valence-corrected chi connectivity index (χ3v) is 3.74. The predicted molar refractivity (Wildman–Crippen MR) is 82.3 cm³/mol. The van der Waals surface area contributed by atoms with E-state index >= 15 is 0 Å². The molecule has 1 fully saturated rings. The molecular weight excluding hydrogens is 298 g/mol. The number of rotatable bonds is 4. The summed E-state index contributed by atoms with van der Waals surface area (Å²) in [6.07, 6.45) is 1.92. The van der Waals surface area contributed by atoms with E-state index in [2.05, 4.69) is 15.1 Å². The van der Waals surface area contributed by atoms with Crippen molar-refractivity contribution < 1.29 is 14.1 Å². The minimum Gasteiger partial charge on any atom is -0.481 e. The molecule has 0 saturated carbocycles. The van der Waals surface area contributed by atoms with Gasteiger partial charge in [0.1, 0.15) is 5.76 Å². The first kappa shape index (κ1) is 15.3. The fourth-order valence-corrected chi connectivity index (χ4v) is 2.51. The Morgan fingerprint density at radius 2 is 2.13 bits per heavy atom. The molecular formula is C15H19N5O3. The molecule has 1 aliphatic rings. The number of carbonyl (C=O) groups excluding carboxylic acids is 1. The van der Waals surface area contributed by atoms with Gasteiger partial charge in [-0.1, -0.05) is 5.16 Å². The van der Waals surface area contributed by atoms with Gasteiger partial charge in [0.15, 0.2) is 0 Å². The molecule has 1 aliphatic heterocycles. The van der Waals surface area contributed by atoms with Crippen molar-refractivity contribution in [3.8, 4) is 5.88 Å². The van der Waals surface area contributed by atoms with Crippen molar-refractivity contribution in [1.82, 2.24) is 20.0 Å². The zero-order chi connectivity index (χ0) is 16.2. The third kappa shape index (κ3) is 3.58. The van der Waals surface area contributed by atoms with Crippen LogP contribution in [0.2, 0.25) is 0 Å². The molecule has 8 heteroatoms. The van der Waals surface area contributed by atoms with Crippen LogP contribution in [0.1, 0.15) is 11.5 Å². The summed E-state index contributed by atoms with van der Waals surface area (Å²) in [7, 11) is 1.58. The van der Waals surface area contributed by atoms with E-state index in [4.69, 9.17) is 9.26 Å². The molecule has 0 atom stereocenters. The fourth-order valence-electron chi connectivity index (χ4n) is 2.51. The van der Waals surface area contributed by atoms with E-state index in [9.17, 15) is 4.79 Å². The Hall–Kier alpha value is -2.64. The van der Waals surface area contributed by atoms with Gasteiger partial charge < -0.3 is 19.1 Å². The van der Waals surface area contributed by atoms with Crippen molar-refractivity contribution in [3.63, 3.8) is 0 Å². The summed E-state index contributed by atoms with van der Waals surface area (Å²) in [5, 5.41) is 3.80. The number of aromatic nitrogens is 3.